The van der Waals surface area contributed by atoms with Crippen LogP contribution in [-0.4, -0.2) is 54.3 Å². The number of amides is 2. The highest BCUT2D eigenvalue weighted by atomic mass is 16.2. The molecule has 2 aliphatic heterocycles. The summed E-state index contributed by atoms with van der Waals surface area (Å²) in [5.41, 5.74) is 1.12. The number of benzene rings is 1. The van der Waals surface area contributed by atoms with Crippen molar-refractivity contribution in [1.29, 1.82) is 0 Å². The first-order chi connectivity index (χ1) is 11.6. The van der Waals surface area contributed by atoms with Gasteiger partial charge in [-0.1, -0.05) is 30.3 Å². The molecule has 0 saturated carbocycles. The summed E-state index contributed by atoms with van der Waals surface area (Å²) in [6.45, 7) is 4.49. The lowest BCUT2D eigenvalue weighted by Gasteiger charge is -2.33. The van der Waals surface area contributed by atoms with Gasteiger partial charge in [-0.25, -0.2) is 0 Å². The van der Waals surface area contributed by atoms with Gasteiger partial charge in [0, 0.05) is 26.1 Å². The van der Waals surface area contributed by atoms with Gasteiger partial charge in [0.05, 0.1) is 12.0 Å². The first-order valence-corrected chi connectivity index (χ1v) is 8.89. The fourth-order valence-electron chi connectivity index (χ4n) is 3.84. The van der Waals surface area contributed by atoms with Gasteiger partial charge in [0.15, 0.2) is 0 Å². The van der Waals surface area contributed by atoms with Gasteiger partial charge in [-0.3, -0.25) is 9.59 Å². The highest BCUT2D eigenvalue weighted by molar-refractivity contribution is 5.89. The molecule has 1 aromatic carbocycles. The summed E-state index contributed by atoms with van der Waals surface area (Å²) in [6, 6.07) is 10.3. The maximum atomic E-state index is 12.8. The molecule has 1 N–H and O–H groups in total. The monoisotopic (exact) mass is 329 g/mol. The molecule has 2 amide bonds. The first-order valence-electron chi connectivity index (χ1n) is 8.89. The van der Waals surface area contributed by atoms with Gasteiger partial charge < -0.3 is 15.1 Å². The van der Waals surface area contributed by atoms with Crippen molar-refractivity contribution in [1.82, 2.24) is 15.1 Å². The number of likely N-dealkylation sites (tertiary alicyclic amines) is 1. The Hall–Kier alpha value is -1.88. The smallest absolute Gasteiger partial charge is 0.227 e. The van der Waals surface area contributed by atoms with Crippen LogP contribution in [0.4, 0.5) is 0 Å². The second kappa shape index (κ2) is 7.34. The summed E-state index contributed by atoms with van der Waals surface area (Å²) in [4.78, 5) is 29.0. The summed E-state index contributed by atoms with van der Waals surface area (Å²) in [6.07, 6.45) is 2.32. The van der Waals surface area contributed by atoms with Crippen LogP contribution in [0.5, 0.6) is 0 Å². The Morgan fingerprint density at radius 2 is 1.92 bits per heavy atom. The number of carbonyl (C=O) groups is 2. The van der Waals surface area contributed by atoms with E-state index in [4.69, 9.17) is 0 Å². The van der Waals surface area contributed by atoms with E-state index in [0.717, 1.165) is 31.5 Å². The molecule has 130 valence electrons. The molecule has 0 aromatic heterocycles. The SMILES string of the molecule is CC(c1ccccc1)N1CC(C(=O)N(C)C2CCNCC2)CC1=O. The Balaban J connectivity index is 1.64. The largest absolute Gasteiger partial charge is 0.342 e. The predicted octanol–water partition coefficient (Wildman–Crippen LogP) is 1.81. The molecular weight excluding hydrogens is 302 g/mol. The molecule has 5 nitrogen and oxygen atoms in total. The standard InChI is InChI=1S/C19H27N3O2/c1-14(15-6-4-3-5-7-15)22-13-16(12-18(22)23)19(24)21(2)17-8-10-20-11-9-17/h3-7,14,16-17,20H,8-13H2,1-2H3. The fourth-order valence-corrected chi connectivity index (χ4v) is 3.84. The quantitative estimate of drug-likeness (QED) is 0.916. The van der Waals surface area contributed by atoms with Gasteiger partial charge in [-0.15, -0.1) is 0 Å². The summed E-state index contributed by atoms with van der Waals surface area (Å²) >= 11 is 0. The van der Waals surface area contributed by atoms with Crippen LogP contribution in [-0.2, 0) is 9.59 Å². The van der Waals surface area contributed by atoms with Gasteiger partial charge in [-0.2, -0.15) is 0 Å². The van der Waals surface area contributed by atoms with Crippen LogP contribution in [0.2, 0.25) is 0 Å². The molecule has 1 aromatic rings. The highest BCUT2D eigenvalue weighted by Crippen LogP contribution is 2.29. The number of piperidine rings is 1. The van der Waals surface area contributed by atoms with Gasteiger partial charge in [-0.05, 0) is 38.4 Å². The van der Waals surface area contributed by atoms with Crippen molar-refractivity contribution in [3.63, 3.8) is 0 Å². The second-order valence-electron chi connectivity index (χ2n) is 6.96. The number of carbonyl (C=O) groups excluding carboxylic acids is 2. The van der Waals surface area contributed by atoms with E-state index < -0.39 is 0 Å². The van der Waals surface area contributed by atoms with Gasteiger partial charge in [0.1, 0.15) is 0 Å². The second-order valence-corrected chi connectivity index (χ2v) is 6.96. The number of hydrogen-bond acceptors (Lipinski definition) is 3. The van der Waals surface area contributed by atoms with Gasteiger partial charge >= 0.3 is 0 Å². The Morgan fingerprint density at radius 3 is 2.58 bits per heavy atom. The minimum absolute atomic E-state index is 0.0145. The first kappa shape index (κ1) is 17.0. The number of nitrogens with zero attached hydrogens (tertiary/aromatic N) is 2. The Bertz CT molecular complexity index is 584. The van der Waals surface area contributed by atoms with Crippen LogP contribution < -0.4 is 5.32 Å². The molecule has 5 heteroatoms. The molecule has 0 aliphatic carbocycles. The minimum atomic E-state index is -0.205. The number of nitrogens with one attached hydrogen (secondary N) is 1. The van der Waals surface area contributed by atoms with Crippen molar-refractivity contribution >= 4 is 11.8 Å². The molecule has 2 atom stereocenters. The van der Waals surface area contributed by atoms with Crippen LogP contribution in [0, 0.1) is 5.92 Å². The van der Waals surface area contributed by atoms with Crippen molar-refractivity contribution in [2.45, 2.75) is 38.3 Å². The van der Waals surface area contributed by atoms with Gasteiger partial charge in [0.2, 0.25) is 11.8 Å². The minimum Gasteiger partial charge on any atom is -0.342 e. The molecule has 2 saturated heterocycles. The lowest BCUT2D eigenvalue weighted by molar-refractivity contribution is -0.137. The van der Waals surface area contributed by atoms with Crippen molar-refractivity contribution in [2.75, 3.05) is 26.7 Å². The van der Waals surface area contributed by atoms with Crippen molar-refractivity contribution in [3.05, 3.63) is 35.9 Å². The van der Waals surface area contributed by atoms with Gasteiger partial charge in [0.25, 0.3) is 0 Å². The highest BCUT2D eigenvalue weighted by Gasteiger charge is 2.39. The van der Waals surface area contributed by atoms with Crippen LogP contribution >= 0.6 is 0 Å². The summed E-state index contributed by atoms with van der Waals surface area (Å²) in [7, 11) is 1.89. The maximum absolute atomic E-state index is 12.8. The topological polar surface area (TPSA) is 52.7 Å². The third-order valence-corrected chi connectivity index (χ3v) is 5.46. The van der Waals surface area contributed by atoms with Crippen LogP contribution in [0.3, 0.4) is 0 Å². The molecule has 2 fully saturated rings. The van der Waals surface area contributed by atoms with E-state index in [2.05, 4.69) is 5.32 Å². The third kappa shape index (κ3) is 3.46. The third-order valence-electron chi connectivity index (χ3n) is 5.46. The summed E-state index contributed by atoms with van der Waals surface area (Å²) in [5.74, 6) is 0.00461. The van der Waals surface area contributed by atoms with Crippen LogP contribution in [0.25, 0.3) is 0 Å². The zero-order valence-corrected chi connectivity index (χ0v) is 14.6. The lowest BCUT2D eigenvalue weighted by atomic mass is 10.0. The van der Waals surface area contributed by atoms with E-state index in [1.807, 2.05) is 54.1 Å². The van der Waals surface area contributed by atoms with Crippen molar-refractivity contribution < 1.29 is 9.59 Å². The average molecular weight is 329 g/mol. The maximum Gasteiger partial charge on any atom is 0.227 e. The molecule has 24 heavy (non-hydrogen) atoms. The van der Waals surface area contributed by atoms with E-state index in [1.54, 1.807) is 0 Å². The lowest BCUT2D eigenvalue weighted by Crippen LogP contribution is -2.46. The van der Waals surface area contributed by atoms with Crippen molar-refractivity contribution in [2.24, 2.45) is 5.92 Å². The molecule has 0 bridgehead atoms. The van der Waals surface area contributed by atoms with Crippen LogP contribution in [0.1, 0.15) is 37.8 Å². The molecule has 0 radical (unpaired) electrons. The average Bonchev–Trinajstić information content (AvgIpc) is 3.03. The van der Waals surface area contributed by atoms with E-state index in [9.17, 15) is 9.59 Å². The Labute approximate surface area is 144 Å². The normalized spacial score (nSPS) is 23.3. The molecule has 2 unspecified atom stereocenters. The number of rotatable bonds is 4. The van der Waals surface area contributed by atoms with E-state index in [0.29, 0.717) is 19.0 Å². The van der Waals surface area contributed by atoms with E-state index in [1.165, 1.54) is 0 Å². The van der Waals surface area contributed by atoms with Crippen molar-refractivity contribution in [3.8, 4) is 0 Å². The fraction of sp³-hybridized carbons (Fsp3) is 0.579. The number of hydrogen-bond donors (Lipinski definition) is 1. The molecular formula is C19H27N3O2. The van der Waals surface area contributed by atoms with Crippen LogP contribution in [0.15, 0.2) is 30.3 Å². The summed E-state index contributed by atoms with van der Waals surface area (Å²) in [5, 5.41) is 3.32. The zero-order valence-electron chi connectivity index (χ0n) is 14.6. The predicted molar refractivity (Wildman–Crippen MR) is 93.3 cm³/mol. The molecule has 2 heterocycles. The molecule has 0 spiro atoms. The Morgan fingerprint density at radius 1 is 1.25 bits per heavy atom. The Kier molecular flexibility index (Phi) is 5.19. The zero-order chi connectivity index (χ0) is 17.1. The molecule has 3 rings (SSSR count). The van der Waals surface area contributed by atoms with E-state index in [-0.39, 0.29) is 23.8 Å². The van der Waals surface area contributed by atoms with E-state index >= 15 is 0 Å². The summed E-state index contributed by atoms with van der Waals surface area (Å²) < 4.78 is 0. The molecule has 2 aliphatic rings.